The Labute approximate surface area is 130 Å². The molecule has 0 radical (unpaired) electrons. The Bertz CT molecular complexity index is 534. The van der Waals surface area contributed by atoms with Gasteiger partial charge in [-0.15, -0.1) is 0 Å². The molecule has 0 atom stereocenters. The van der Waals surface area contributed by atoms with Crippen molar-refractivity contribution >= 4 is 28.5 Å². The maximum absolute atomic E-state index is 6.19. The van der Waals surface area contributed by atoms with E-state index in [2.05, 4.69) is 62.7 Å². The van der Waals surface area contributed by atoms with E-state index in [1.165, 1.54) is 33.9 Å². The van der Waals surface area contributed by atoms with Crippen molar-refractivity contribution in [3.05, 3.63) is 27.7 Å². The number of benzene rings is 1. The summed E-state index contributed by atoms with van der Waals surface area (Å²) in [6, 6.07) is 4.48. The van der Waals surface area contributed by atoms with Crippen LogP contribution in [0.4, 0.5) is 0 Å². The van der Waals surface area contributed by atoms with Crippen LogP contribution in [0.3, 0.4) is 0 Å². The van der Waals surface area contributed by atoms with Crippen molar-refractivity contribution in [3.63, 3.8) is 0 Å². The highest BCUT2D eigenvalue weighted by Gasteiger charge is 2.52. The Kier molecular flexibility index (Phi) is 3.35. The average molecular weight is 337 g/mol. The maximum atomic E-state index is 6.19. The monoisotopic (exact) mass is 336 g/mol. The van der Waals surface area contributed by atoms with Gasteiger partial charge in [0.1, 0.15) is 0 Å². The molecule has 2 fully saturated rings. The Morgan fingerprint density at radius 2 is 1.65 bits per heavy atom. The van der Waals surface area contributed by atoms with E-state index in [4.69, 9.17) is 9.31 Å². The largest absolute Gasteiger partial charge is 0.495 e. The number of aryl methyl sites for hydroxylation is 1. The van der Waals surface area contributed by atoms with Gasteiger partial charge in [0.25, 0.3) is 0 Å². The van der Waals surface area contributed by atoms with Gasteiger partial charge in [-0.05, 0) is 70.5 Å². The molecule has 3 rings (SSSR count). The maximum Gasteiger partial charge on any atom is 0.495 e. The molecule has 1 saturated carbocycles. The molecule has 0 spiro atoms. The van der Waals surface area contributed by atoms with E-state index in [1.807, 2.05) is 0 Å². The van der Waals surface area contributed by atoms with E-state index >= 15 is 0 Å². The van der Waals surface area contributed by atoms with Crippen molar-refractivity contribution < 1.29 is 9.31 Å². The van der Waals surface area contributed by atoms with Crippen molar-refractivity contribution in [2.75, 3.05) is 0 Å². The molecule has 1 aromatic carbocycles. The van der Waals surface area contributed by atoms with E-state index < -0.39 is 0 Å². The van der Waals surface area contributed by atoms with Crippen molar-refractivity contribution in [2.24, 2.45) is 0 Å². The van der Waals surface area contributed by atoms with Crippen LogP contribution in [-0.4, -0.2) is 18.3 Å². The zero-order chi connectivity index (χ0) is 14.7. The van der Waals surface area contributed by atoms with E-state index in [-0.39, 0.29) is 18.3 Å². The second kappa shape index (κ2) is 4.59. The number of hydrogen-bond acceptors (Lipinski definition) is 2. The van der Waals surface area contributed by atoms with Crippen LogP contribution in [-0.2, 0) is 9.31 Å². The molecule has 0 aromatic heterocycles. The number of halogens is 1. The molecule has 0 N–H and O–H groups in total. The van der Waals surface area contributed by atoms with Gasteiger partial charge in [0.15, 0.2) is 0 Å². The Morgan fingerprint density at radius 3 is 2.15 bits per heavy atom. The van der Waals surface area contributed by atoms with Crippen LogP contribution in [0.1, 0.15) is 57.6 Å². The molecule has 1 aliphatic carbocycles. The fraction of sp³-hybridized carbons (Fsp3) is 0.625. The highest BCUT2D eigenvalue weighted by Crippen LogP contribution is 2.43. The molecule has 108 valence electrons. The lowest BCUT2D eigenvalue weighted by Crippen LogP contribution is -2.41. The second-order valence-electron chi connectivity index (χ2n) is 7.09. The van der Waals surface area contributed by atoms with E-state index in [0.717, 1.165) is 0 Å². The van der Waals surface area contributed by atoms with Crippen molar-refractivity contribution in [1.29, 1.82) is 0 Å². The molecule has 1 aliphatic heterocycles. The molecule has 2 nitrogen and oxygen atoms in total. The Balaban J connectivity index is 1.97. The van der Waals surface area contributed by atoms with Crippen molar-refractivity contribution in [3.8, 4) is 0 Å². The van der Waals surface area contributed by atoms with E-state index in [1.54, 1.807) is 0 Å². The molecular formula is C16H22BBrO2. The van der Waals surface area contributed by atoms with Gasteiger partial charge >= 0.3 is 7.12 Å². The minimum absolute atomic E-state index is 0.259. The van der Waals surface area contributed by atoms with Crippen LogP contribution in [0.5, 0.6) is 0 Å². The van der Waals surface area contributed by atoms with Gasteiger partial charge in [-0.1, -0.05) is 27.6 Å². The van der Waals surface area contributed by atoms with Gasteiger partial charge in [-0.25, -0.2) is 0 Å². The first kappa shape index (κ1) is 14.6. The first-order valence-corrected chi connectivity index (χ1v) is 8.16. The third-order valence-corrected chi connectivity index (χ3v) is 5.60. The summed E-state index contributed by atoms with van der Waals surface area (Å²) in [5.41, 5.74) is 3.24. The smallest absolute Gasteiger partial charge is 0.399 e. The lowest BCUT2D eigenvalue weighted by Gasteiger charge is -2.32. The predicted octanol–water partition coefficient (Wildman–Crippen LogP) is 3.93. The summed E-state index contributed by atoms with van der Waals surface area (Å²) >= 11 is 3.69. The van der Waals surface area contributed by atoms with E-state index in [0.29, 0.717) is 5.92 Å². The van der Waals surface area contributed by atoms with Crippen LogP contribution in [0.15, 0.2) is 16.6 Å². The van der Waals surface area contributed by atoms with Gasteiger partial charge < -0.3 is 9.31 Å². The van der Waals surface area contributed by atoms with Crippen molar-refractivity contribution in [1.82, 2.24) is 0 Å². The first-order chi connectivity index (χ1) is 9.21. The molecule has 1 aromatic rings. The lowest BCUT2D eigenvalue weighted by atomic mass is 9.75. The molecule has 0 bridgehead atoms. The summed E-state index contributed by atoms with van der Waals surface area (Å²) in [4.78, 5) is 0. The van der Waals surface area contributed by atoms with Crippen LogP contribution >= 0.6 is 15.9 Å². The normalized spacial score (nSPS) is 24.2. The standard InChI is InChI=1S/C16H22BBrO2/c1-10-8-14(18)12(11-6-7-11)9-13(10)17-19-15(2,3)16(4,5)20-17/h8-9,11H,6-7H2,1-5H3. The van der Waals surface area contributed by atoms with Gasteiger partial charge in [0.05, 0.1) is 11.2 Å². The molecule has 0 unspecified atom stereocenters. The third-order valence-electron chi connectivity index (χ3n) is 4.91. The molecule has 1 heterocycles. The molecule has 20 heavy (non-hydrogen) atoms. The SMILES string of the molecule is Cc1cc(Br)c(C2CC2)cc1B1OC(C)(C)C(C)(C)O1. The Hall–Kier alpha value is -0.315. The summed E-state index contributed by atoms with van der Waals surface area (Å²) in [7, 11) is -0.259. The second-order valence-corrected chi connectivity index (χ2v) is 7.95. The topological polar surface area (TPSA) is 18.5 Å². The summed E-state index contributed by atoms with van der Waals surface area (Å²) < 4.78 is 13.6. The highest BCUT2D eigenvalue weighted by atomic mass is 79.9. The molecule has 2 aliphatic rings. The molecule has 0 amide bonds. The summed E-state index contributed by atoms with van der Waals surface area (Å²) in [5.74, 6) is 0.714. The lowest BCUT2D eigenvalue weighted by molar-refractivity contribution is 0.00578. The van der Waals surface area contributed by atoms with Crippen LogP contribution in [0, 0.1) is 6.92 Å². The summed E-state index contributed by atoms with van der Waals surface area (Å²) in [6.07, 6.45) is 2.59. The van der Waals surface area contributed by atoms with Crippen molar-refractivity contribution in [2.45, 2.75) is 64.6 Å². The average Bonchev–Trinajstić information content (AvgIpc) is 3.07. The van der Waals surface area contributed by atoms with Gasteiger partial charge in [-0.3, -0.25) is 0 Å². The Morgan fingerprint density at radius 1 is 1.10 bits per heavy atom. The number of rotatable bonds is 2. The molecule has 1 saturated heterocycles. The third kappa shape index (κ3) is 2.36. The molecule has 4 heteroatoms. The summed E-state index contributed by atoms with van der Waals surface area (Å²) in [5, 5.41) is 0. The van der Waals surface area contributed by atoms with Gasteiger partial charge in [0, 0.05) is 4.47 Å². The first-order valence-electron chi connectivity index (χ1n) is 7.37. The minimum atomic E-state index is -0.281. The van der Waals surface area contributed by atoms with Crippen LogP contribution < -0.4 is 5.46 Å². The fourth-order valence-electron chi connectivity index (χ4n) is 2.64. The zero-order valence-corrected chi connectivity index (χ0v) is 14.5. The predicted molar refractivity (Wildman–Crippen MR) is 86.6 cm³/mol. The van der Waals surface area contributed by atoms with E-state index in [9.17, 15) is 0 Å². The zero-order valence-electron chi connectivity index (χ0n) is 12.9. The van der Waals surface area contributed by atoms with Crippen LogP contribution in [0.2, 0.25) is 0 Å². The molecular weight excluding hydrogens is 315 g/mol. The quantitative estimate of drug-likeness (QED) is 0.762. The summed E-state index contributed by atoms with van der Waals surface area (Å²) in [6.45, 7) is 10.5. The number of hydrogen-bond donors (Lipinski definition) is 0. The minimum Gasteiger partial charge on any atom is -0.399 e. The highest BCUT2D eigenvalue weighted by molar-refractivity contribution is 9.10. The van der Waals surface area contributed by atoms with Crippen LogP contribution in [0.25, 0.3) is 0 Å². The fourth-order valence-corrected chi connectivity index (χ4v) is 3.42. The van der Waals surface area contributed by atoms with Gasteiger partial charge in [0.2, 0.25) is 0 Å². The van der Waals surface area contributed by atoms with Gasteiger partial charge in [-0.2, -0.15) is 0 Å².